The van der Waals surface area contributed by atoms with Gasteiger partial charge in [-0.2, -0.15) is 5.10 Å². The molecule has 1 aromatic heterocycles. The Labute approximate surface area is 152 Å². The van der Waals surface area contributed by atoms with Crippen molar-refractivity contribution in [3.8, 4) is 0 Å². The molecule has 6 heteroatoms. The summed E-state index contributed by atoms with van der Waals surface area (Å²) in [7, 11) is 0. The van der Waals surface area contributed by atoms with Gasteiger partial charge >= 0.3 is 0 Å². The van der Waals surface area contributed by atoms with Crippen LogP contribution in [0.1, 0.15) is 50.1 Å². The van der Waals surface area contributed by atoms with Gasteiger partial charge in [0.25, 0.3) is 0 Å². The predicted molar refractivity (Wildman–Crippen MR) is 101 cm³/mol. The van der Waals surface area contributed by atoms with Gasteiger partial charge in [-0.1, -0.05) is 13.8 Å². The summed E-state index contributed by atoms with van der Waals surface area (Å²) >= 11 is 0. The highest BCUT2D eigenvalue weighted by atomic mass is 35.5. The van der Waals surface area contributed by atoms with E-state index in [-0.39, 0.29) is 18.3 Å². The maximum Gasteiger partial charge on any atom is 0.224 e. The number of amides is 1. The predicted octanol–water partition coefficient (Wildman–Crippen LogP) is 2.63. The number of nitrogens with one attached hydrogen (secondary N) is 2. The molecule has 0 bridgehead atoms. The van der Waals surface area contributed by atoms with Crippen molar-refractivity contribution in [2.24, 2.45) is 11.8 Å². The molecule has 1 aromatic rings. The Bertz CT molecular complexity index is 521. The average molecular weight is 357 g/mol. The van der Waals surface area contributed by atoms with E-state index in [0.29, 0.717) is 18.3 Å². The molecule has 0 aromatic carbocycles. The van der Waals surface area contributed by atoms with Crippen molar-refractivity contribution < 1.29 is 4.79 Å². The maximum absolute atomic E-state index is 12.2. The molecule has 2 N–H and O–H groups in total. The van der Waals surface area contributed by atoms with Crippen LogP contribution in [0.3, 0.4) is 0 Å². The van der Waals surface area contributed by atoms with Crippen LogP contribution in [0.15, 0.2) is 0 Å². The Balaban J connectivity index is 0.00000288. The molecule has 1 unspecified atom stereocenters. The number of carbonyl (C=O) groups excluding carboxylic acids is 1. The van der Waals surface area contributed by atoms with E-state index in [0.717, 1.165) is 49.6 Å². The molecule has 0 saturated carbocycles. The van der Waals surface area contributed by atoms with Crippen molar-refractivity contribution in [3.63, 3.8) is 0 Å². The molecule has 138 valence electrons. The number of piperidine rings is 1. The minimum atomic E-state index is 0. The maximum atomic E-state index is 12.2. The molecule has 1 fully saturated rings. The second-order valence-electron chi connectivity index (χ2n) is 7.25. The van der Waals surface area contributed by atoms with Gasteiger partial charge < -0.3 is 10.6 Å². The molecule has 2 heterocycles. The van der Waals surface area contributed by atoms with Crippen LogP contribution < -0.4 is 10.6 Å². The molecule has 5 nitrogen and oxygen atoms in total. The van der Waals surface area contributed by atoms with Crippen LogP contribution in [0, 0.1) is 25.7 Å². The van der Waals surface area contributed by atoms with Crippen LogP contribution in [0.5, 0.6) is 0 Å². The van der Waals surface area contributed by atoms with E-state index < -0.39 is 0 Å². The lowest BCUT2D eigenvalue weighted by molar-refractivity contribution is -0.120. The summed E-state index contributed by atoms with van der Waals surface area (Å²) in [5.74, 6) is 1.38. The normalized spacial score (nSPS) is 17.6. The first kappa shape index (κ1) is 21.0. The summed E-state index contributed by atoms with van der Waals surface area (Å²) in [6.07, 6.45) is 4.05. The Morgan fingerprint density at radius 3 is 2.79 bits per heavy atom. The highest BCUT2D eigenvalue weighted by Gasteiger charge is 2.16. The van der Waals surface area contributed by atoms with Gasteiger partial charge in [-0.05, 0) is 58.0 Å². The van der Waals surface area contributed by atoms with Gasteiger partial charge in [-0.25, -0.2) is 0 Å². The van der Waals surface area contributed by atoms with Gasteiger partial charge in [0, 0.05) is 24.3 Å². The van der Waals surface area contributed by atoms with Crippen molar-refractivity contribution in [2.45, 2.75) is 59.9 Å². The number of nitrogens with zero attached hydrogens (tertiary/aromatic N) is 2. The van der Waals surface area contributed by atoms with E-state index in [1.807, 2.05) is 11.6 Å². The summed E-state index contributed by atoms with van der Waals surface area (Å²) in [5.41, 5.74) is 3.19. The fourth-order valence-corrected chi connectivity index (χ4v) is 3.32. The number of rotatable bonds is 7. The average Bonchev–Trinajstić information content (AvgIpc) is 2.75. The Hall–Kier alpha value is -1.07. The smallest absolute Gasteiger partial charge is 0.224 e. The zero-order valence-corrected chi connectivity index (χ0v) is 16.3. The third-order valence-corrected chi connectivity index (χ3v) is 4.68. The molecule has 1 amide bonds. The number of hydrogen-bond donors (Lipinski definition) is 2. The molecule has 1 atom stereocenters. The lowest BCUT2D eigenvalue weighted by Gasteiger charge is -2.22. The van der Waals surface area contributed by atoms with Gasteiger partial charge in [0.1, 0.15) is 0 Å². The van der Waals surface area contributed by atoms with E-state index in [1.54, 1.807) is 0 Å². The van der Waals surface area contributed by atoms with E-state index in [4.69, 9.17) is 0 Å². The lowest BCUT2D eigenvalue weighted by Crippen LogP contribution is -2.33. The van der Waals surface area contributed by atoms with Crippen LogP contribution in [0.4, 0.5) is 0 Å². The molecule has 1 saturated heterocycles. The molecule has 1 aliphatic rings. The van der Waals surface area contributed by atoms with Crippen molar-refractivity contribution in [1.82, 2.24) is 20.4 Å². The van der Waals surface area contributed by atoms with Gasteiger partial charge in [-0.15, -0.1) is 12.4 Å². The first-order valence-corrected chi connectivity index (χ1v) is 8.97. The largest absolute Gasteiger partial charge is 0.356 e. The minimum Gasteiger partial charge on any atom is -0.356 e. The summed E-state index contributed by atoms with van der Waals surface area (Å²) in [6, 6.07) is 0. The molecule has 0 spiro atoms. The molecule has 24 heavy (non-hydrogen) atoms. The van der Waals surface area contributed by atoms with Gasteiger partial charge in [0.2, 0.25) is 5.91 Å². The molecular formula is C18H33ClN4O. The highest BCUT2D eigenvalue weighted by molar-refractivity contribution is 5.85. The number of hydrogen-bond acceptors (Lipinski definition) is 3. The van der Waals surface area contributed by atoms with Gasteiger partial charge in [0.05, 0.1) is 12.1 Å². The van der Waals surface area contributed by atoms with Crippen molar-refractivity contribution >= 4 is 18.3 Å². The summed E-state index contributed by atoms with van der Waals surface area (Å²) in [6.45, 7) is 12.4. The molecule has 2 rings (SSSR count). The number of carbonyl (C=O) groups is 1. The second-order valence-corrected chi connectivity index (χ2v) is 7.25. The zero-order chi connectivity index (χ0) is 16.8. The Morgan fingerprint density at radius 1 is 1.42 bits per heavy atom. The SMILES string of the molecule is Cc1nn(CC(C)C)c(C)c1CC(=O)NCCC1CCCNC1.Cl. The number of aromatic nitrogens is 2. The molecule has 1 aliphatic heterocycles. The van der Waals surface area contributed by atoms with Gasteiger partial charge in [-0.3, -0.25) is 9.48 Å². The van der Waals surface area contributed by atoms with E-state index in [2.05, 4.69) is 36.5 Å². The molecule has 0 aliphatic carbocycles. The van der Waals surface area contributed by atoms with E-state index in [9.17, 15) is 4.79 Å². The Kier molecular flexibility index (Phi) is 8.78. The third kappa shape index (κ3) is 6.10. The van der Waals surface area contributed by atoms with Crippen molar-refractivity contribution in [1.29, 1.82) is 0 Å². The van der Waals surface area contributed by atoms with E-state index >= 15 is 0 Å². The van der Waals surface area contributed by atoms with Gasteiger partial charge in [0.15, 0.2) is 0 Å². The lowest BCUT2D eigenvalue weighted by atomic mass is 9.96. The first-order chi connectivity index (χ1) is 11.0. The monoisotopic (exact) mass is 356 g/mol. The first-order valence-electron chi connectivity index (χ1n) is 8.97. The number of halogens is 1. The number of aryl methyl sites for hydroxylation is 1. The third-order valence-electron chi connectivity index (χ3n) is 4.68. The zero-order valence-electron chi connectivity index (χ0n) is 15.5. The van der Waals surface area contributed by atoms with Crippen LogP contribution >= 0.6 is 12.4 Å². The quantitative estimate of drug-likeness (QED) is 0.789. The van der Waals surface area contributed by atoms with Crippen LogP contribution in [-0.2, 0) is 17.8 Å². The van der Waals surface area contributed by atoms with Crippen molar-refractivity contribution in [3.05, 3.63) is 17.0 Å². The minimum absolute atomic E-state index is 0. The second kappa shape index (κ2) is 10.0. The van der Waals surface area contributed by atoms with Crippen molar-refractivity contribution in [2.75, 3.05) is 19.6 Å². The fourth-order valence-electron chi connectivity index (χ4n) is 3.32. The van der Waals surface area contributed by atoms with E-state index in [1.165, 1.54) is 12.8 Å². The standard InChI is InChI=1S/C18H32N4O.ClH/c1-13(2)12-22-15(4)17(14(3)21-22)10-18(23)20-9-7-16-6-5-8-19-11-16;/h13,16,19H,5-12H2,1-4H3,(H,20,23);1H. The summed E-state index contributed by atoms with van der Waals surface area (Å²) in [5, 5.41) is 11.1. The molecular weight excluding hydrogens is 324 g/mol. The Morgan fingerprint density at radius 2 is 2.17 bits per heavy atom. The highest BCUT2D eigenvalue weighted by Crippen LogP contribution is 2.16. The molecule has 0 radical (unpaired) electrons. The van der Waals surface area contributed by atoms with Crippen LogP contribution in [0.25, 0.3) is 0 Å². The summed E-state index contributed by atoms with van der Waals surface area (Å²) < 4.78 is 2.04. The topological polar surface area (TPSA) is 59.0 Å². The van der Waals surface area contributed by atoms with Crippen LogP contribution in [0.2, 0.25) is 0 Å². The fraction of sp³-hybridized carbons (Fsp3) is 0.778. The van der Waals surface area contributed by atoms with Crippen LogP contribution in [-0.4, -0.2) is 35.3 Å². The summed E-state index contributed by atoms with van der Waals surface area (Å²) in [4.78, 5) is 12.2.